The van der Waals surface area contributed by atoms with Crippen LogP contribution in [0, 0.1) is 17.1 Å². The third kappa shape index (κ3) is 2.49. The lowest BCUT2D eigenvalue weighted by Crippen LogP contribution is -2.09. The summed E-state index contributed by atoms with van der Waals surface area (Å²) in [6, 6.07) is 7.14. The number of nitrogens with one attached hydrogen (secondary N) is 1. The van der Waals surface area contributed by atoms with E-state index in [1.165, 1.54) is 12.1 Å². The van der Waals surface area contributed by atoms with Crippen molar-refractivity contribution >= 4 is 17.6 Å². The number of nitrogens with zero attached hydrogens (tertiary/aromatic N) is 2. The average molecular weight is 262 g/mol. The van der Waals surface area contributed by atoms with Crippen molar-refractivity contribution in [2.75, 3.05) is 5.73 Å². The van der Waals surface area contributed by atoms with Crippen molar-refractivity contribution in [1.29, 1.82) is 5.26 Å². The molecule has 2 rings (SSSR count). The number of aromatic amines is 1. The van der Waals surface area contributed by atoms with Gasteiger partial charge in [0.05, 0.1) is 0 Å². The number of nitrogen functional groups attached to an aromatic ring is 1. The molecule has 2 aromatic rings. The molecule has 0 saturated carbocycles. The third-order valence-corrected chi connectivity index (χ3v) is 2.98. The molecule has 90 valence electrons. The predicted molar refractivity (Wildman–Crippen MR) is 64.5 cm³/mol. The Bertz CT molecular complexity index is 692. The highest BCUT2D eigenvalue weighted by Gasteiger charge is 2.10. The van der Waals surface area contributed by atoms with Crippen LogP contribution in [0.25, 0.3) is 0 Å². The van der Waals surface area contributed by atoms with Crippen molar-refractivity contribution < 1.29 is 4.39 Å². The minimum absolute atomic E-state index is 0.0659. The van der Waals surface area contributed by atoms with Crippen molar-refractivity contribution in [2.24, 2.45) is 0 Å². The zero-order valence-corrected chi connectivity index (χ0v) is 9.79. The molecular weight excluding hydrogens is 255 g/mol. The maximum atomic E-state index is 13.4. The highest BCUT2D eigenvalue weighted by atomic mass is 32.2. The van der Waals surface area contributed by atoms with Crippen molar-refractivity contribution in [3.63, 3.8) is 0 Å². The van der Waals surface area contributed by atoms with Gasteiger partial charge in [-0.3, -0.25) is 4.79 Å². The molecule has 0 fully saturated rings. The Morgan fingerprint density at radius 1 is 1.50 bits per heavy atom. The summed E-state index contributed by atoms with van der Waals surface area (Å²) in [7, 11) is 0. The van der Waals surface area contributed by atoms with Gasteiger partial charge in [0.25, 0.3) is 5.56 Å². The molecule has 0 amide bonds. The van der Waals surface area contributed by atoms with Gasteiger partial charge in [0.2, 0.25) is 0 Å². The lowest BCUT2D eigenvalue weighted by Gasteiger charge is -2.03. The van der Waals surface area contributed by atoms with E-state index >= 15 is 0 Å². The minimum atomic E-state index is -0.617. The number of hydrogen-bond acceptors (Lipinski definition) is 5. The van der Waals surface area contributed by atoms with E-state index in [0.29, 0.717) is 4.90 Å². The van der Waals surface area contributed by atoms with Gasteiger partial charge in [-0.05, 0) is 12.1 Å². The highest BCUT2D eigenvalue weighted by Crippen LogP contribution is 2.28. The minimum Gasteiger partial charge on any atom is -0.383 e. The summed E-state index contributed by atoms with van der Waals surface area (Å²) in [4.78, 5) is 17.9. The van der Waals surface area contributed by atoms with Gasteiger partial charge in [-0.1, -0.05) is 17.8 Å². The Morgan fingerprint density at radius 3 is 2.94 bits per heavy atom. The molecule has 0 atom stereocenters. The second-order valence-corrected chi connectivity index (χ2v) is 4.33. The number of anilines is 1. The number of nitriles is 1. The topological polar surface area (TPSA) is 95.6 Å². The highest BCUT2D eigenvalue weighted by molar-refractivity contribution is 7.99. The Kier molecular flexibility index (Phi) is 3.30. The van der Waals surface area contributed by atoms with Gasteiger partial charge in [-0.15, -0.1) is 0 Å². The maximum Gasteiger partial charge on any atom is 0.253 e. The molecule has 18 heavy (non-hydrogen) atoms. The van der Waals surface area contributed by atoms with Crippen LogP contribution in [0.15, 0.2) is 39.1 Å². The van der Waals surface area contributed by atoms with E-state index in [-0.39, 0.29) is 16.5 Å². The Labute approximate surface area is 105 Å². The number of halogens is 1. The first-order valence-electron chi connectivity index (χ1n) is 4.83. The summed E-state index contributed by atoms with van der Waals surface area (Å²) in [5.74, 6) is -0.551. The molecular formula is C11H7FN4OS. The normalized spacial score (nSPS) is 10.0. The van der Waals surface area contributed by atoms with E-state index in [2.05, 4.69) is 9.97 Å². The van der Waals surface area contributed by atoms with Crippen LogP contribution >= 0.6 is 11.8 Å². The lowest BCUT2D eigenvalue weighted by molar-refractivity contribution is 0.620. The van der Waals surface area contributed by atoms with E-state index in [9.17, 15) is 9.18 Å². The third-order valence-electron chi connectivity index (χ3n) is 2.03. The zero-order chi connectivity index (χ0) is 13.1. The molecule has 0 saturated heterocycles. The number of H-pyrrole nitrogens is 1. The van der Waals surface area contributed by atoms with Gasteiger partial charge in [0.1, 0.15) is 23.3 Å². The number of aromatic nitrogens is 2. The van der Waals surface area contributed by atoms with Gasteiger partial charge in [0.15, 0.2) is 5.16 Å². The smallest absolute Gasteiger partial charge is 0.253 e. The maximum absolute atomic E-state index is 13.4. The fourth-order valence-corrected chi connectivity index (χ4v) is 2.21. The molecule has 0 radical (unpaired) electrons. The van der Waals surface area contributed by atoms with Crippen LogP contribution in [0.5, 0.6) is 0 Å². The van der Waals surface area contributed by atoms with Gasteiger partial charge < -0.3 is 10.7 Å². The van der Waals surface area contributed by atoms with Crippen molar-refractivity contribution in [3.8, 4) is 6.07 Å². The quantitative estimate of drug-likeness (QED) is 0.800. The lowest BCUT2D eigenvalue weighted by atomic mass is 10.2. The van der Waals surface area contributed by atoms with Crippen LogP contribution in [0.4, 0.5) is 10.2 Å². The summed E-state index contributed by atoms with van der Waals surface area (Å²) in [5.41, 5.74) is 4.94. The standard InChI is InChI=1S/C11H7FN4OS/c12-7-2-1-3-8(6(7)5-13)18-11-15-9(14)4-10(17)16-11/h1-4H,(H3,14,15,16,17). The first-order chi connectivity index (χ1) is 8.60. The molecule has 1 aromatic heterocycles. The molecule has 0 spiro atoms. The molecule has 0 aliphatic carbocycles. The van der Waals surface area contributed by atoms with E-state index in [0.717, 1.165) is 17.8 Å². The SMILES string of the molecule is N#Cc1c(F)cccc1Sc1nc(N)cc(=O)[nH]1. The molecule has 1 heterocycles. The average Bonchev–Trinajstić information content (AvgIpc) is 2.27. The van der Waals surface area contributed by atoms with E-state index in [4.69, 9.17) is 11.0 Å². The Balaban J connectivity index is 2.44. The molecule has 1 aromatic carbocycles. The molecule has 3 N–H and O–H groups in total. The van der Waals surface area contributed by atoms with Gasteiger partial charge in [0, 0.05) is 11.0 Å². The monoisotopic (exact) mass is 262 g/mol. The number of hydrogen-bond donors (Lipinski definition) is 2. The van der Waals surface area contributed by atoms with Gasteiger partial charge >= 0.3 is 0 Å². The van der Waals surface area contributed by atoms with E-state index in [1.54, 1.807) is 12.1 Å². The summed E-state index contributed by atoms with van der Waals surface area (Å²) >= 11 is 0.972. The van der Waals surface area contributed by atoms with Crippen LogP contribution in [0.1, 0.15) is 5.56 Å². The van der Waals surface area contributed by atoms with Crippen LogP contribution in [0.3, 0.4) is 0 Å². The molecule has 0 unspecified atom stereocenters. The molecule has 0 aliphatic rings. The first-order valence-corrected chi connectivity index (χ1v) is 5.65. The fraction of sp³-hybridized carbons (Fsp3) is 0. The zero-order valence-electron chi connectivity index (χ0n) is 8.98. The van der Waals surface area contributed by atoms with Crippen molar-refractivity contribution in [3.05, 3.63) is 46.0 Å². The van der Waals surface area contributed by atoms with E-state index < -0.39 is 11.4 Å². The fourth-order valence-electron chi connectivity index (χ4n) is 1.30. The second-order valence-electron chi connectivity index (χ2n) is 3.30. The Morgan fingerprint density at radius 2 is 2.28 bits per heavy atom. The summed E-state index contributed by atoms with van der Waals surface area (Å²) in [5, 5.41) is 9.08. The van der Waals surface area contributed by atoms with Crippen LogP contribution in [0.2, 0.25) is 0 Å². The molecule has 0 bridgehead atoms. The molecule has 0 aliphatic heterocycles. The predicted octanol–water partition coefficient (Wildman–Crippen LogP) is 1.51. The van der Waals surface area contributed by atoms with Crippen molar-refractivity contribution in [1.82, 2.24) is 9.97 Å². The van der Waals surface area contributed by atoms with Gasteiger partial charge in [-0.2, -0.15) is 5.26 Å². The summed E-state index contributed by atoms with van der Waals surface area (Å²) < 4.78 is 13.4. The van der Waals surface area contributed by atoms with Crippen LogP contribution < -0.4 is 11.3 Å². The summed E-state index contributed by atoms with van der Waals surface area (Å²) in [6.45, 7) is 0. The van der Waals surface area contributed by atoms with Crippen molar-refractivity contribution in [2.45, 2.75) is 10.1 Å². The number of rotatable bonds is 2. The van der Waals surface area contributed by atoms with E-state index in [1.807, 2.05) is 0 Å². The molecule has 7 heteroatoms. The second kappa shape index (κ2) is 4.89. The largest absolute Gasteiger partial charge is 0.383 e. The Hall–Kier alpha value is -2.33. The van der Waals surface area contributed by atoms with Gasteiger partial charge in [-0.25, -0.2) is 9.37 Å². The van der Waals surface area contributed by atoms with Crippen LogP contribution in [-0.2, 0) is 0 Å². The summed E-state index contributed by atoms with van der Waals surface area (Å²) in [6.07, 6.45) is 0. The molecule has 5 nitrogen and oxygen atoms in total. The number of benzene rings is 1. The number of nitrogens with two attached hydrogens (primary N) is 1. The van der Waals surface area contributed by atoms with Crippen LogP contribution in [-0.4, -0.2) is 9.97 Å². The first kappa shape index (κ1) is 12.1.